The van der Waals surface area contributed by atoms with Gasteiger partial charge in [-0.25, -0.2) is 4.98 Å². The van der Waals surface area contributed by atoms with E-state index in [1.54, 1.807) is 6.33 Å². The van der Waals surface area contributed by atoms with E-state index in [1.165, 1.54) is 5.56 Å². The van der Waals surface area contributed by atoms with Crippen LogP contribution in [0.2, 0.25) is 0 Å². The number of rotatable bonds is 3. The monoisotopic (exact) mass is 252 g/mol. The van der Waals surface area contributed by atoms with E-state index in [1.807, 2.05) is 18.2 Å². The molecule has 0 unspecified atom stereocenters. The molecule has 0 saturated carbocycles. The molecular weight excluding hydrogens is 236 g/mol. The summed E-state index contributed by atoms with van der Waals surface area (Å²) in [6.45, 7) is 2.79. The fourth-order valence-electron chi connectivity index (χ4n) is 2.22. The van der Waals surface area contributed by atoms with Crippen LogP contribution in [0.3, 0.4) is 0 Å². The van der Waals surface area contributed by atoms with Gasteiger partial charge in [-0.15, -0.1) is 0 Å². The molecule has 0 aliphatic carbocycles. The van der Waals surface area contributed by atoms with Gasteiger partial charge in [0.15, 0.2) is 0 Å². The lowest BCUT2D eigenvalue weighted by molar-refractivity contribution is 1.14. The highest BCUT2D eigenvalue weighted by molar-refractivity contribution is 5.75. The molecule has 4 heteroatoms. The molecule has 0 spiro atoms. The molecule has 3 rings (SSSR count). The second-order valence-corrected chi connectivity index (χ2v) is 4.65. The molecule has 0 atom stereocenters. The minimum absolute atomic E-state index is 0.740. The molecule has 4 N–H and O–H groups in total. The van der Waals surface area contributed by atoms with Crippen molar-refractivity contribution in [1.29, 1.82) is 0 Å². The van der Waals surface area contributed by atoms with Crippen LogP contribution in [0.25, 0.3) is 11.0 Å². The Morgan fingerprint density at radius 3 is 3.00 bits per heavy atom. The Hall–Kier alpha value is -2.49. The number of para-hydroxylation sites is 1. The second-order valence-electron chi connectivity index (χ2n) is 4.65. The van der Waals surface area contributed by atoms with Crippen molar-refractivity contribution in [3.8, 4) is 0 Å². The highest BCUT2D eigenvalue weighted by atomic mass is 14.9. The summed E-state index contributed by atoms with van der Waals surface area (Å²) in [6.07, 6.45) is 1.71. The summed E-state index contributed by atoms with van der Waals surface area (Å²) >= 11 is 0. The van der Waals surface area contributed by atoms with Gasteiger partial charge in [0.2, 0.25) is 0 Å². The maximum Gasteiger partial charge on any atom is 0.0931 e. The molecule has 0 amide bonds. The first kappa shape index (κ1) is 11.6. The Bertz CT molecular complexity index is 695. The smallest absolute Gasteiger partial charge is 0.0931 e. The molecule has 3 aromatic rings. The quantitative estimate of drug-likeness (QED) is 0.627. The van der Waals surface area contributed by atoms with E-state index < -0.39 is 0 Å². The molecular formula is C15H16N4. The van der Waals surface area contributed by atoms with Crippen molar-refractivity contribution in [2.45, 2.75) is 13.5 Å². The molecule has 0 aliphatic rings. The molecule has 0 saturated heterocycles. The Kier molecular flexibility index (Phi) is 2.83. The van der Waals surface area contributed by atoms with Crippen LogP contribution in [0.1, 0.15) is 11.1 Å². The molecule has 0 fully saturated rings. The molecule has 0 bridgehead atoms. The molecule has 0 aliphatic heterocycles. The summed E-state index contributed by atoms with van der Waals surface area (Å²) in [4.78, 5) is 7.33. The predicted octanol–water partition coefficient (Wildman–Crippen LogP) is 3.07. The van der Waals surface area contributed by atoms with E-state index in [0.717, 1.165) is 34.5 Å². The summed E-state index contributed by atoms with van der Waals surface area (Å²) in [5.74, 6) is 0. The molecule has 96 valence electrons. The number of hydrogen-bond donors (Lipinski definition) is 3. The molecule has 19 heavy (non-hydrogen) atoms. The van der Waals surface area contributed by atoms with Gasteiger partial charge in [0, 0.05) is 6.54 Å². The zero-order chi connectivity index (χ0) is 13.2. The molecule has 0 radical (unpaired) electrons. The minimum Gasteiger partial charge on any atom is -0.397 e. The number of nitrogens with two attached hydrogens (primary N) is 1. The van der Waals surface area contributed by atoms with Crippen LogP contribution >= 0.6 is 0 Å². The van der Waals surface area contributed by atoms with Crippen LogP contribution in [-0.2, 0) is 6.54 Å². The highest BCUT2D eigenvalue weighted by Gasteiger charge is 2.03. The number of benzene rings is 2. The third-order valence-corrected chi connectivity index (χ3v) is 3.26. The number of aromatic nitrogens is 2. The summed E-state index contributed by atoms with van der Waals surface area (Å²) in [5.41, 5.74) is 12.2. The van der Waals surface area contributed by atoms with Crippen LogP contribution in [0.15, 0.2) is 42.7 Å². The van der Waals surface area contributed by atoms with Crippen molar-refractivity contribution < 1.29 is 0 Å². The number of nitrogens with zero attached hydrogens (tertiary/aromatic N) is 1. The SMILES string of the molecule is Cc1cccc(N)c1NCc1ccc2nc[nH]c2c1. The summed E-state index contributed by atoms with van der Waals surface area (Å²) < 4.78 is 0. The standard InChI is InChI=1S/C15H16N4/c1-10-3-2-4-12(16)15(10)17-8-11-5-6-13-14(7-11)19-9-18-13/h2-7,9,17H,8,16H2,1H3,(H,18,19). The van der Waals surface area contributed by atoms with Crippen molar-refractivity contribution in [2.75, 3.05) is 11.1 Å². The number of hydrogen-bond acceptors (Lipinski definition) is 3. The van der Waals surface area contributed by atoms with Gasteiger partial charge in [-0.2, -0.15) is 0 Å². The van der Waals surface area contributed by atoms with Gasteiger partial charge in [0.25, 0.3) is 0 Å². The van der Waals surface area contributed by atoms with E-state index in [-0.39, 0.29) is 0 Å². The number of aromatic amines is 1. The van der Waals surface area contributed by atoms with Crippen LogP contribution in [-0.4, -0.2) is 9.97 Å². The van der Waals surface area contributed by atoms with Crippen molar-refractivity contribution in [1.82, 2.24) is 9.97 Å². The first-order valence-electron chi connectivity index (χ1n) is 6.25. The third kappa shape index (κ3) is 2.25. The van der Waals surface area contributed by atoms with E-state index in [9.17, 15) is 0 Å². The Labute approximate surface area is 111 Å². The molecule has 1 aromatic heterocycles. The summed E-state index contributed by atoms with van der Waals surface area (Å²) in [7, 11) is 0. The zero-order valence-corrected chi connectivity index (χ0v) is 10.8. The van der Waals surface area contributed by atoms with Crippen LogP contribution in [0.4, 0.5) is 11.4 Å². The fourth-order valence-corrected chi connectivity index (χ4v) is 2.22. The van der Waals surface area contributed by atoms with E-state index in [0.29, 0.717) is 0 Å². The minimum atomic E-state index is 0.740. The molecule has 1 heterocycles. The number of nitrogen functional groups attached to an aromatic ring is 1. The predicted molar refractivity (Wildman–Crippen MR) is 79.0 cm³/mol. The topological polar surface area (TPSA) is 66.7 Å². The average Bonchev–Trinajstić information content (AvgIpc) is 2.85. The van der Waals surface area contributed by atoms with Crippen LogP contribution in [0.5, 0.6) is 0 Å². The number of nitrogens with one attached hydrogen (secondary N) is 2. The fraction of sp³-hybridized carbons (Fsp3) is 0.133. The molecule has 4 nitrogen and oxygen atoms in total. The van der Waals surface area contributed by atoms with Crippen molar-refractivity contribution in [2.24, 2.45) is 0 Å². The van der Waals surface area contributed by atoms with Crippen molar-refractivity contribution in [3.63, 3.8) is 0 Å². The van der Waals surface area contributed by atoms with E-state index in [2.05, 4.69) is 40.4 Å². The van der Waals surface area contributed by atoms with Gasteiger partial charge in [-0.3, -0.25) is 0 Å². The van der Waals surface area contributed by atoms with Gasteiger partial charge in [-0.1, -0.05) is 18.2 Å². The van der Waals surface area contributed by atoms with Gasteiger partial charge in [0.1, 0.15) is 0 Å². The van der Waals surface area contributed by atoms with Crippen molar-refractivity contribution >= 4 is 22.4 Å². The maximum atomic E-state index is 5.98. The molecule has 2 aromatic carbocycles. The van der Waals surface area contributed by atoms with Gasteiger partial charge >= 0.3 is 0 Å². The lowest BCUT2D eigenvalue weighted by Crippen LogP contribution is -2.04. The largest absolute Gasteiger partial charge is 0.397 e. The highest BCUT2D eigenvalue weighted by Crippen LogP contribution is 2.23. The zero-order valence-electron chi connectivity index (χ0n) is 10.8. The van der Waals surface area contributed by atoms with Crippen LogP contribution in [0, 0.1) is 6.92 Å². The Balaban J connectivity index is 1.82. The lowest BCUT2D eigenvalue weighted by Gasteiger charge is -2.12. The normalized spacial score (nSPS) is 10.8. The lowest BCUT2D eigenvalue weighted by atomic mass is 10.1. The number of H-pyrrole nitrogens is 1. The summed E-state index contributed by atoms with van der Waals surface area (Å²) in [5, 5.41) is 3.40. The first-order valence-corrected chi connectivity index (χ1v) is 6.25. The number of fused-ring (bicyclic) bond motifs is 1. The number of aryl methyl sites for hydroxylation is 1. The van der Waals surface area contributed by atoms with Gasteiger partial charge in [0.05, 0.1) is 28.7 Å². The van der Waals surface area contributed by atoms with Gasteiger partial charge < -0.3 is 16.0 Å². The first-order chi connectivity index (χ1) is 9.24. The third-order valence-electron chi connectivity index (χ3n) is 3.26. The second kappa shape index (κ2) is 4.65. The Morgan fingerprint density at radius 1 is 1.26 bits per heavy atom. The number of anilines is 2. The average molecular weight is 252 g/mol. The van der Waals surface area contributed by atoms with Gasteiger partial charge in [-0.05, 0) is 36.2 Å². The number of imidazole rings is 1. The maximum absolute atomic E-state index is 5.98. The van der Waals surface area contributed by atoms with Crippen LogP contribution < -0.4 is 11.1 Å². The van der Waals surface area contributed by atoms with E-state index in [4.69, 9.17) is 5.73 Å². The Morgan fingerprint density at radius 2 is 2.16 bits per heavy atom. The summed E-state index contributed by atoms with van der Waals surface area (Å²) in [6, 6.07) is 12.1. The van der Waals surface area contributed by atoms with E-state index >= 15 is 0 Å². The van der Waals surface area contributed by atoms with Crippen molar-refractivity contribution in [3.05, 3.63) is 53.9 Å².